The number of para-hydroxylation sites is 1. The van der Waals surface area contributed by atoms with Crippen molar-refractivity contribution < 1.29 is 4.79 Å². The zero-order chi connectivity index (χ0) is 13.9. The Morgan fingerprint density at radius 3 is 2.80 bits per heavy atom. The molecule has 0 saturated carbocycles. The van der Waals surface area contributed by atoms with E-state index in [1.54, 1.807) is 0 Å². The lowest BCUT2D eigenvalue weighted by molar-refractivity contribution is -0.117. The first-order valence-electron chi connectivity index (χ1n) is 6.57. The highest BCUT2D eigenvalue weighted by Crippen LogP contribution is 2.25. The molecule has 1 N–H and O–H groups in total. The molecule has 0 unspecified atom stereocenters. The van der Waals surface area contributed by atoms with Crippen LogP contribution < -0.4 is 10.2 Å². The molecule has 0 aliphatic carbocycles. The van der Waals surface area contributed by atoms with Crippen molar-refractivity contribution in [2.45, 2.75) is 13.1 Å². The van der Waals surface area contributed by atoms with Crippen LogP contribution in [0.1, 0.15) is 11.1 Å². The second-order valence-corrected chi connectivity index (χ2v) is 5.76. The maximum atomic E-state index is 12.3. The molecular formula is C16H15BrN2O. The normalized spacial score (nSPS) is 14.8. The van der Waals surface area contributed by atoms with Crippen LogP contribution in [0.15, 0.2) is 53.0 Å². The van der Waals surface area contributed by atoms with Crippen molar-refractivity contribution in [3.05, 3.63) is 64.1 Å². The van der Waals surface area contributed by atoms with Crippen LogP contribution in [0.25, 0.3) is 0 Å². The number of anilines is 1. The lowest BCUT2D eigenvalue weighted by Gasteiger charge is -2.22. The van der Waals surface area contributed by atoms with Crippen molar-refractivity contribution >= 4 is 27.5 Å². The summed E-state index contributed by atoms with van der Waals surface area (Å²) in [5.74, 6) is 0.106. The van der Waals surface area contributed by atoms with E-state index in [2.05, 4.69) is 27.3 Å². The molecule has 0 spiro atoms. The summed E-state index contributed by atoms with van der Waals surface area (Å²) in [5.41, 5.74) is 3.28. The van der Waals surface area contributed by atoms with E-state index in [9.17, 15) is 4.79 Å². The molecule has 1 aliphatic heterocycles. The highest BCUT2D eigenvalue weighted by Gasteiger charge is 2.21. The summed E-state index contributed by atoms with van der Waals surface area (Å²) in [7, 11) is 0. The Morgan fingerprint density at radius 2 is 1.95 bits per heavy atom. The van der Waals surface area contributed by atoms with Gasteiger partial charge in [0.1, 0.15) is 0 Å². The predicted octanol–water partition coefficient (Wildman–Crippen LogP) is 3.09. The number of hydrogen-bond acceptors (Lipinski definition) is 2. The number of rotatable bonds is 2. The molecule has 20 heavy (non-hydrogen) atoms. The number of nitrogens with one attached hydrogen (secondary N) is 1. The smallest absolute Gasteiger partial charge is 0.241 e. The summed E-state index contributed by atoms with van der Waals surface area (Å²) in [6, 6.07) is 16.1. The Kier molecular flexibility index (Phi) is 3.85. The van der Waals surface area contributed by atoms with E-state index in [4.69, 9.17) is 0 Å². The fourth-order valence-corrected chi connectivity index (χ4v) is 2.90. The zero-order valence-electron chi connectivity index (χ0n) is 11.0. The minimum atomic E-state index is 0.106. The Bertz CT molecular complexity index is 642. The Labute approximate surface area is 126 Å². The van der Waals surface area contributed by atoms with Crippen molar-refractivity contribution in [2.24, 2.45) is 0 Å². The van der Waals surface area contributed by atoms with E-state index in [1.807, 2.05) is 47.4 Å². The lowest BCUT2D eigenvalue weighted by atomic mass is 10.1. The first-order chi connectivity index (χ1) is 9.74. The van der Waals surface area contributed by atoms with Gasteiger partial charge in [-0.2, -0.15) is 0 Å². The van der Waals surface area contributed by atoms with Crippen molar-refractivity contribution in [3.63, 3.8) is 0 Å². The second-order valence-electron chi connectivity index (χ2n) is 4.84. The van der Waals surface area contributed by atoms with Crippen molar-refractivity contribution in [1.29, 1.82) is 0 Å². The molecule has 102 valence electrons. The maximum absolute atomic E-state index is 12.3. The fraction of sp³-hybridized carbons (Fsp3) is 0.188. The van der Waals surface area contributed by atoms with Crippen LogP contribution in [0.3, 0.4) is 0 Å². The average molecular weight is 331 g/mol. The third-order valence-electron chi connectivity index (χ3n) is 3.40. The quantitative estimate of drug-likeness (QED) is 0.917. The van der Waals surface area contributed by atoms with Gasteiger partial charge in [-0.3, -0.25) is 4.79 Å². The van der Waals surface area contributed by atoms with E-state index in [1.165, 1.54) is 0 Å². The number of carbonyl (C=O) groups excluding carboxylic acids is 1. The topological polar surface area (TPSA) is 32.3 Å². The minimum absolute atomic E-state index is 0.106. The van der Waals surface area contributed by atoms with E-state index in [-0.39, 0.29) is 5.91 Å². The Balaban J connectivity index is 1.96. The predicted molar refractivity (Wildman–Crippen MR) is 83.5 cm³/mol. The Hall–Kier alpha value is -1.65. The monoisotopic (exact) mass is 330 g/mol. The van der Waals surface area contributed by atoms with Crippen molar-refractivity contribution in [1.82, 2.24) is 5.32 Å². The standard InChI is InChI=1S/C16H15BrN2O/c17-14-6-3-4-12(8-14)11-19-15-7-2-1-5-13(15)9-18-10-16(19)20/h1-8,18H,9-11H2. The fourth-order valence-electron chi connectivity index (χ4n) is 2.45. The molecule has 4 heteroatoms. The third kappa shape index (κ3) is 2.76. The number of carbonyl (C=O) groups is 1. The maximum Gasteiger partial charge on any atom is 0.241 e. The van der Waals surface area contributed by atoms with Gasteiger partial charge in [0.15, 0.2) is 0 Å². The van der Waals surface area contributed by atoms with Gasteiger partial charge in [0.05, 0.1) is 13.1 Å². The number of hydrogen-bond donors (Lipinski definition) is 1. The van der Waals surface area contributed by atoms with Crippen LogP contribution in [0.2, 0.25) is 0 Å². The van der Waals surface area contributed by atoms with Gasteiger partial charge in [-0.15, -0.1) is 0 Å². The van der Waals surface area contributed by atoms with Gasteiger partial charge in [0.25, 0.3) is 0 Å². The molecule has 0 aromatic heterocycles. The van der Waals surface area contributed by atoms with Gasteiger partial charge >= 0.3 is 0 Å². The summed E-state index contributed by atoms with van der Waals surface area (Å²) in [4.78, 5) is 14.2. The molecular weight excluding hydrogens is 316 g/mol. The first kappa shape index (κ1) is 13.3. The number of benzene rings is 2. The van der Waals surface area contributed by atoms with Gasteiger partial charge < -0.3 is 10.2 Å². The number of nitrogens with zero attached hydrogens (tertiary/aromatic N) is 1. The molecule has 2 aromatic carbocycles. The molecule has 2 aromatic rings. The Morgan fingerprint density at radius 1 is 1.10 bits per heavy atom. The number of fused-ring (bicyclic) bond motifs is 1. The average Bonchev–Trinajstić information content (AvgIpc) is 2.59. The van der Waals surface area contributed by atoms with Crippen LogP contribution in [-0.2, 0) is 17.9 Å². The van der Waals surface area contributed by atoms with Gasteiger partial charge in [0, 0.05) is 16.7 Å². The van der Waals surface area contributed by atoms with E-state index in [0.29, 0.717) is 13.1 Å². The molecule has 0 fully saturated rings. The van der Waals surface area contributed by atoms with Crippen LogP contribution in [0, 0.1) is 0 Å². The molecule has 0 bridgehead atoms. The lowest BCUT2D eigenvalue weighted by Crippen LogP contribution is -2.35. The van der Waals surface area contributed by atoms with Crippen molar-refractivity contribution in [2.75, 3.05) is 11.4 Å². The molecule has 0 atom stereocenters. The molecule has 1 amide bonds. The first-order valence-corrected chi connectivity index (χ1v) is 7.37. The summed E-state index contributed by atoms with van der Waals surface area (Å²) in [6.45, 7) is 1.70. The van der Waals surface area contributed by atoms with Gasteiger partial charge in [-0.1, -0.05) is 46.3 Å². The summed E-state index contributed by atoms with van der Waals surface area (Å²) in [5, 5.41) is 3.18. The SMILES string of the molecule is O=C1CNCc2ccccc2N1Cc1cccc(Br)c1. The largest absolute Gasteiger partial charge is 0.307 e. The highest BCUT2D eigenvalue weighted by molar-refractivity contribution is 9.10. The molecule has 3 rings (SSSR count). The van der Waals surface area contributed by atoms with Gasteiger partial charge in [-0.05, 0) is 29.3 Å². The molecule has 3 nitrogen and oxygen atoms in total. The summed E-state index contributed by atoms with van der Waals surface area (Å²) >= 11 is 3.47. The van der Waals surface area contributed by atoms with E-state index in [0.717, 1.165) is 27.8 Å². The van der Waals surface area contributed by atoms with Crippen LogP contribution in [-0.4, -0.2) is 12.5 Å². The molecule has 0 saturated heterocycles. The van der Waals surface area contributed by atoms with Gasteiger partial charge in [-0.25, -0.2) is 0 Å². The van der Waals surface area contributed by atoms with Crippen molar-refractivity contribution in [3.8, 4) is 0 Å². The summed E-state index contributed by atoms with van der Waals surface area (Å²) < 4.78 is 1.03. The molecule has 0 radical (unpaired) electrons. The van der Waals surface area contributed by atoms with E-state index >= 15 is 0 Å². The third-order valence-corrected chi connectivity index (χ3v) is 3.90. The van der Waals surface area contributed by atoms with E-state index < -0.39 is 0 Å². The second kappa shape index (κ2) is 5.77. The number of halogens is 1. The summed E-state index contributed by atoms with van der Waals surface area (Å²) in [6.07, 6.45) is 0. The van der Waals surface area contributed by atoms with Crippen LogP contribution in [0.5, 0.6) is 0 Å². The minimum Gasteiger partial charge on any atom is -0.307 e. The van der Waals surface area contributed by atoms with Crippen LogP contribution >= 0.6 is 15.9 Å². The molecule has 1 heterocycles. The molecule has 1 aliphatic rings. The highest BCUT2D eigenvalue weighted by atomic mass is 79.9. The zero-order valence-corrected chi connectivity index (χ0v) is 12.6. The van der Waals surface area contributed by atoms with Crippen LogP contribution in [0.4, 0.5) is 5.69 Å². The number of amides is 1. The van der Waals surface area contributed by atoms with Gasteiger partial charge in [0.2, 0.25) is 5.91 Å².